The fraction of sp³-hybridized carbons (Fsp3) is 0.250. The van der Waals surface area contributed by atoms with Crippen molar-refractivity contribution in [2.45, 2.75) is 32.6 Å². The van der Waals surface area contributed by atoms with Gasteiger partial charge in [0.15, 0.2) is 12.2 Å². The second-order valence-electron chi connectivity index (χ2n) is 5.68. The molecule has 0 unspecified atom stereocenters. The molecule has 0 heterocycles. The highest BCUT2D eigenvalue weighted by Gasteiger charge is 2.23. The number of nitrogens with one attached hydrogen (secondary N) is 1. The second kappa shape index (κ2) is 9.23. The van der Waals surface area contributed by atoms with E-state index in [-0.39, 0.29) is 5.91 Å². The van der Waals surface area contributed by atoms with Gasteiger partial charge in [0.2, 0.25) is 0 Å². The molecule has 0 aromatic heterocycles. The largest absolute Gasteiger partial charge is 0.479 e. The predicted octanol–water partition coefficient (Wildman–Crippen LogP) is 2.57. The van der Waals surface area contributed by atoms with Gasteiger partial charge in [-0.1, -0.05) is 30.3 Å². The maximum Gasteiger partial charge on any atom is 0.347 e. The van der Waals surface area contributed by atoms with E-state index >= 15 is 0 Å². The molecule has 6 heteroatoms. The van der Waals surface area contributed by atoms with Crippen LogP contribution in [0.25, 0.3) is 0 Å². The third-order valence-electron chi connectivity index (χ3n) is 3.60. The molecular weight excluding hydrogens is 332 g/mol. The highest BCUT2D eigenvalue weighted by molar-refractivity contribution is 5.84. The van der Waals surface area contributed by atoms with Crippen LogP contribution in [0.3, 0.4) is 0 Å². The van der Waals surface area contributed by atoms with Crippen LogP contribution in [0.15, 0.2) is 54.6 Å². The number of hydrogen-bond acceptors (Lipinski definition) is 5. The van der Waals surface area contributed by atoms with Crippen molar-refractivity contribution in [2.24, 2.45) is 0 Å². The van der Waals surface area contributed by atoms with E-state index in [1.165, 1.54) is 13.8 Å². The Hall–Kier alpha value is -3.33. The normalized spacial score (nSPS) is 12.3. The van der Waals surface area contributed by atoms with Gasteiger partial charge in [-0.3, -0.25) is 4.79 Å². The maximum atomic E-state index is 12.1. The van der Waals surface area contributed by atoms with Crippen LogP contribution in [-0.4, -0.2) is 24.1 Å². The summed E-state index contributed by atoms with van der Waals surface area (Å²) < 4.78 is 10.6. The number of amides is 1. The van der Waals surface area contributed by atoms with Gasteiger partial charge in [-0.2, -0.15) is 5.26 Å². The number of benzene rings is 2. The molecular formula is C20H20N2O4. The molecule has 134 valence electrons. The average Bonchev–Trinajstić information content (AvgIpc) is 2.67. The van der Waals surface area contributed by atoms with Crippen LogP contribution in [0.1, 0.15) is 25.0 Å². The molecule has 0 aliphatic rings. The molecule has 2 aromatic carbocycles. The number of rotatable bonds is 7. The van der Waals surface area contributed by atoms with Crippen molar-refractivity contribution in [1.82, 2.24) is 5.32 Å². The average molecular weight is 352 g/mol. The molecule has 0 saturated carbocycles. The van der Waals surface area contributed by atoms with Crippen molar-refractivity contribution < 1.29 is 19.1 Å². The number of hydrogen-bond donors (Lipinski definition) is 1. The quantitative estimate of drug-likeness (QED) is 0.774. The molecule has 1 N–H and O–H groups in total. The van der Waals surface area contributed by atoms with Crippen LogP contribution < -0.4 is 10.1 Å². The second-order valence-corrected chi connectivity index (χ2v) is 5.68. The summed E-state index contributed by atoms with van der Waals surface area (Å²) >= 11 is 0. The molecule has 0 bridgehead atoms. The zero-order valence-electron chi connectivity index (χ0n) is 14.6. The van der Waals surface area contributed by atoms with Crippen molar-refractivity contribution >= 4 is 11.9 Å². The molecule has 1 amide bonds. The lowest BCUT2D eigenvalue weighted by Crippen LogP contribution is -2.38. The van der Waals surface area contributed by atoms with Crippen molar-refractivity contribution in [2.75, 3.05) is 0 Å². The number of carbonyl (C=O) groups excluding carboxylic acids is 2. The molecule has 6 nitrogen and oxygen atoms in total. The van der Waals surface area contributed by atoms with Crippen molar-refractivity contribution in [3.63, 3.8) is 0 Å². The Morgan fingerprint density at radius 3 is 2.31 bits per heavy atom. The fourth-order valence-electron chi connectivity index (χ4n) is 2.11. The van der Waals surface area contributed by atoms with Gasteiger partial charge in [0, 0.05) is 6.54 Å². The molecule has 0 aliphatic heterocycles. The molecule has 0 spiro atoms. The number of ether oxygens (including phenoxy) is 2. The monoisotopic (exact) mass is 352 g/mol. The van der Waals surface area contributed by atoms with Gasteiger partial charge in [-0.25, -0.2) is 4.79 Å². The minimum atomic E-state index is -0.932. The molecule has 0 aliphatic carbocycles. The van der Waals surface area contributed by atoms with E-state index in [9.17, 15) is 9.59 Å². The van der Waals surface area contributed by atoms with Gasteiger partial charge in [-0.15, -0.1) is 0 Å². The van der Waals surface area contributed by atoms with Crippen molar-refractivity contribution in [3.05, 3.63) is 65.7 Å². The molecule has 2 atom stereocenters. The maximum absolute atomic E-state index is 12.1. The highest BCUT2D eigenvalue weighted by atomic mass is 16.6. The Labute approximate surface area is 152 Å². The zero-order chi connectivity index (χ0) is 18.9. The predicted molar refractivity (Wildman–Crippen MR) is 95.1 cm³/mol. The summed E-state index contributed by atoms with van der Waals surface area (Å²) in [6, 6.07) is 17.8. The van der Waals surface area contributed by atoms with E-state index in [1.54, 1.807) is 24.3 Å². The Bertz CT molecular complexity index is 782. The van der Waals surface area contributed by atoms with E-state index in [0.717, 1.165) is 5.56 Å². The lowest BCUT2D eigenvalue weighted by molar-refractivity contribution is -0.160. The minimum absolute atomic E-state index is 0.360. The van der Waals surface area contributed by atoms with E-state index in [2.05, 4.69) is 5.32 Å². The van der Waals surface area contributed by atoms with E-state index in [1.807, 2.05) is 36.4 Å². The summed E-state index contributed by atoms with van der Waals surface area (Å²) in [4.78, 5) is 24.1. The first-order chi connectivity index (χ1) is 12.5. The van der Waals surface area contributed by atoms with Gasteiger partial charge in [-0.05, 0) is 43.7 Å². The van der Waals surface area contributed by atoms with Gasteiger partial charge >= 0.3 is 5.97 Å². The Morgan fingerprint density at radius 2 is 1.69 bits per heavy atom. The van der Waals surface area contributed by atoms with Crippen LogP contribution in [0.4, 0.5) is 0 Å². The number of esters is 1. The van der Waals surface area contributed by atoms with Crippen LogP contribution in [-0.2, 0) is 20.9 Å². The fourth-order valence-corrected chi connectivity index (χ4v) is 2.11. The van der Waals surface area contributed by atoms with Gasteiger partial charge < -0.3 is 14.8 Å². The molecule has 0 saturated heterocycles. The van der Waals surface area contributed by atoms with Crippen molar-refractivity contribution in [3.8, 4) is 11.8 Å². The Balaban J connectivity index is 1.80. The first-order valence-corrected chi connectivity index (χ1v) is 8.18. The summed E-state index contributed by atoms with van der Waals surface area (Å²) in [6.07, 6.45) is -1.81. The first-order valence-electron chi connectivity index (χ1n) is 8.18. The van der Waals surface area contributed by atoms with Crippen LogP contribution in [0.5, 0.6) is 5.75 Å². The Morgan fingerprint density at radius 1 is 1.04 bits per heavy atom. The Kier molecular flexibility index (Phi) is 6.75. The first kappa shape index (κ1) is 19.0. The highest BCUT2D eigenvalue weighted by Crippen LogP contribution is 2.14. The molecule has 0 fully saturated rings. The third-order valence-corrected chi connectivity index (χ3v) is 3.60. The lowest BCUT2D eigenvalue weighted by atomic mass is 10.2. The molecule has 2 aromatic rings. The standard InChI is InChI=1S/C20H20N2O4/c1-14(19(23)22-13-17-6-4-3-5-7-17)26-20(24)15(2)25-18-10-8-16(12-21)9-11-18/h3-11,14-15H,13H2,1-2H3,(H,22,23)/t14-,15+/m1/s1. The van der Waals surface area contributed by atoms with Crippen LogP contribution >= 0.6 is 0 Å². The van der Waals surface area contributed by atoms with Crippen LogP contribution in [0, 0.1) is 11.3 Å². The van der Waals surface area contributed by atoms with Gasteiger partial charge in [0.1, 0.15) is 5.75 Å². The summed E-state index contributed by atoms with van der Waals surface area (Å²) in [6.45, 7) is 3.40. The topological polar surface area (TPSA) is 88.4 Å². The lowest BCUT2D eigenvalue weighted by Gasteiger charge is -2.18. The SMILES string of the molecule is C[C@H](Oc1ccc(C#N)cc1)C(=O)O[C@H](C)C(=O)NCc1ccccc1. The summed E-state index contributed by atoms with van der Waals surface area (Å²) in [7, 11) is 0. The zero-order valence-corrected chi connectivity index (χ0v) is 14.6. The van der Waals surface area contributed by atoms with Gasteiger partial charge in [0.05, 0.1) is 11.6 Å². The van der Waals surface area contributed by atoms with E-state index in [4.69, 9.17) is 14.7 Å². The van der Waals surface area contributed by atoms with Crippen molar-refractivity contribution in [1.29, 1.82) is 5.26 Å². The number of carbonyl (C=O) groups is 2. The summed E-state index contributed by atoms with van der Waals surface area (Å²) in [5.74, 6) is -0.584. The van der Waals surface area contributed by atoms with E-state index in [0.29, 0.717) is 17.9 Å². The molecule has 0 radical (unpaired) electrons. The number of nitriles is 1. The molecule has 26 heavy (non-hydrogen) atoms. The number of nitrogens with zero attached hydrogens (tertiary/aromatic N) is 1. The summed E-state index contributed by atoms with van der Waals surface area (Å²) in [5, 5.41) is 11.5. The summed E-state index contributed by atoms with van der Waals surface area (Å²) in [5.41, 5.74) is 1.45. The van der Waals surface area contributed by atoms with E-state index < -0.39 is 18.2 Å². The van der Waals surface area contributed by atoms with Crippen LogP contribution in [0.2, 0.25) is 0 Å². The van der Waals surface area contributed by atoms with Gasteiger partial charge in [0.25, 0.3) is 5.91 Å². The third kappa shape index (κ3) is 5.64. The molecule has 2 rings (SSSR count). The smallest absolute Gasteiger partial charge is 0.347 e. The minimum Gasteiger partial charge on any atom is -0.479 e.